The predicted molar refractivity (Wildman–Crippen MR) is 69.6 cm³/mol. The molecule has 2 nitrogen and oxygen atoms in total. The topological polar surface area (TPSA) is 17.5 Å². The zero-order chi connectivity index (χ0) is 13.0. The van der Waals surface area contributed by atoms with Crippen molar-refractivity contribution in [1.82, 2.24) is 4.57 Å². The molecule has 1 aliphatic heterocycles. The molecule has 1 saturated heterocycles. The molecule has 1 fully saturated rings. The summed E-state index contributed by atoms with van der Waals surface area (Å²) in [6, 6.07) is 9.06. The molecule has 0 saturated carbocycles. The monoisotopic (exact) mass is 257 g/mol. The first-order valence-electron chi connectivity index (χ1n) is 5.94. The number of hydrogen-bond donors (Lipinski definition) is 0. The van der Waals surface area contributed by atoms with Gasteiger partial charge in [-0.3, -0.25) is 0 Å². The van der Waals surface area contributed by atoms with Crippen LogP contribution in [0, 0.1) is 11.6 Å². The van der Waals surface area contributed by atoms with Gasteiger partial charge in [0.2, 0.25) is 0 Å². The van der Waals surface area contributed by atoms with Crippen LogP contribution in [0.15, 0.2) is 42.2 Å². The molecule has 19 heavy (non-hydrogen) atoms. The highest BCUT2D eigenvalue weighted by Gasteiger charge is 2.16. The maximum absolute atomic E-state index is 13.4. The molecule has 0 amide bonds. The molecule has 0 N–H and O–H groups in total. The fourth-order valence-corrected chi connectivity index (χ4v) is 2.40. The molecular weight excluding hydrogens is 248 g/mol. The number of halogens is 2. The lowest BCUT2D eigenvalue weighted by atomic mass is 10.1. The first kappa shape index (κ1) is 10.6. The van der Waals surface area contributed by atoms with Crippen LogP contribution in [-0.4, -0.2) is 11.2 Å². The van der Waals surface area contributed by atoms with E-state index in [1.807, 2.05) is 10.8 Å². The van der Waals surface area contributed by atoms with Gasteiger partial charge in [-0.05, 0) is 36.4 Å². The van der Waals surface area contributed by atoms with E-state index < -0.39 is 0 Å². The number of epoxide rings is 1. The third kappa shape index (κ3) is 1.60. The highest BCUT2D eigenvalue weighted by atomic mass is 19.1. The van der Waals surface area contributed by atoms with Crippen LogP contribution >= 0.6 is 0 Å². The van der Waals surface area contributed by atoms with Crippen LogP contribution in [0.25, 0.3) is 28.0 Å². The van der Waals surface area contributed by atoms with E-state index in [-0.39, 0.29) is 11.6 Å². The zero-order valence-corrected chi connectivity index (χ0v) is 9.86. The Kier molecular flexibility index (Phi) is 1.98. The SMILES string of the molecule is Fc1ccc2c(c1)c1cc(F)ccc1n2C=C1CO1. The van der Waals surface area contributed by atoms with Crippen molar-refractivity contribution in [2.24, 2.45) is 0 Å². The second-order valence-corrected chi connectivity index (χ2v) is 4.58. The van der Waals surface area contributed by atoms with Crippen molar-refractivity contribution in [2.45, 2.75) is 0 Å². The molecule has 2 aromatic carbocycles. The molecule has 0 bridgehead atoms. The predicted octanol–water partition coefficient (Wildman–Crippen LogP) is 3.90. The van der Waals surface area contributed by atoms with Crippen LogP contribution in [0.2, 0.25) is 0 Å². The van der Waals surface area contributed by atoms with Crippen LogP contribution in [0.5, 0.6) is 0 Å². The summed E-state index contributed by atoms with van der Waals surface area (Å²) in [5.41, 5.74) is 1.68. The number of rotatable bonds is 1. The van der Waals surface area contributed by atoms with Crippen molar-refractivity contribution in [3.8, 4) is 0 Å². The smallest absolute Gasteiger partial charge is 0.151 e. The molecule has 0 atom stereocenters. The third-order valence-electron chi connectivity index (χ3n) is 3.31. The summed E-state index contributed by atoms with van der Waals surface area (Å²) in [6.45, 7) is 0.615. The molecule has 0 unspecified atom stereocenters. The molecule has 2 heterocycles. The van der Waals surface area contributed by atoms with Gasteiger partial charge >= 0.3 is 0 Å². The second-order valence-electron chi connectivity index (χ2n) is 4.58. The Morgan fingerprint density at radius 3 is 1.95 bits per heavy atom. The lowest BCUT2D eigenvalue weighted by Crippen LogP contribution is -1.86. The van der Waals surface area contributed by atoms with E-state index in [2.05, 4.69) is 0 Å². The van der Waals surface area contributed by atoms with Gasteiger partial charge in [0.15, 0.2) is 5.76 Å². The second kappa shape index (κ2) is 3.57. The number of benzene rings is 2. The van der Waals surface area contributed by atoms with Crippen LogP contribution in [0.1, 0.15) is 0 Å². The van der Waals surface area contributed by atoms with Crippen molar-refractivity contribution in [1.29, 1.82) is 0 Å². The van der Waals surface area contributed by atoms with Gasteiger partial charge in [0.25, 0.3) is 0 Å². The van der Waals surface area contributed by atoms with Crippen molar-refractivity contribution in [3.05, 3.63) is 53.8 Å². The van der Waals surface area contributed by atoms with Gasteiger partial charge in [-0.25, -0.2) is 8.78 Å². The van der Waals surface area contributed by atoms with E-state index in [1.165, 1.54) is 24.3 Å². The van der Waals surface area contributed by atoms with Crippen molar-refractivity contribution in [3.63, 3.8) is 0 Å². The van der Waals surface area contributed by atoms with E-state index in [1.54, 1.807) is 12.1 Å². The number of hydrogen-bond acceptors (Lipinski definition) is 1. The Bertz CT molecular complexity index is 783. The summed E-state index contributed by atoms with van der Waals surface area (Å²) < 4.78 is 33.8. The van der Waals surface area contributed by atoms with Gasteiger partial charge in [0.1, 0.15) is 18.2 Å². The molecule has 4 rings (SSSR count). The van der Waals surface area contributed by atoms with Gasteiger partial charge in [-0.1, -0.05) is 0 Å². The van der Waals surface area contributed by atoms with E-state index in [4.69, 9.17) is 4.74 Å². The van der Waals surface area contributed by atoms with Crippen LogP contribution in [0.4, 0.5) is 8.78 Å². The van der Waals surface area contributed by atoms with Crippen LogP contribution in [0.3, 0.4) is 0 Å². The quantitative estimate of drug-likeness (QED) is 0.604. The van der Waals surface area contributed by atoms with Gasteiger partial charge in [0.05, 0.1) is 17.2 Å². The van der Waals surface area contributed by atoms with Crippen molar-refractivity contribution in [2.75, 3.05) is 6.61 Å². The van der Waals surface area contributed by atoms with Gasteiger partial charge < -0.3 is 9.30 Å². The van der Waals surface area contributed by atoms with Crippen molar-refractivity contribution < 1.29 is 13.5 Å². The molecule has 0 spiro atoms. The Labute approximate surface area is 107 Å². The third-order valence-corrected chi connectivity index (χ3v) is 3.31. The first-order chi connectivity index (χ1) is 9.22. The first-order valence-corrected chi connectivity index (χ1v) is 5.94. The maximum Gasteiger partial charge on any atom is 0.151 e. The largest absolute Gasteiger partial charge is 0.485 e. The molecule has 1 aliphatic rings. The average Bonchev–Trinajstić information content (AvgIpc) is 3.16. The molecule has 94 valence electrons. The Hall–Kier alpha value is -2.36. The van der Waals surface area contributed by atoms with Crippen LogP contribution < -0.4 is 0 Å². The normalized spacial score (nSPS) is 16.2. The highest BCUT2D eigenvalue weighted by molar-refractivity contribution is 6.09. The summed E-state index contributed by atoms with van der Waals surface area (Å²) in [5.74, 6) is 0.213. The molecule has 3 aromatic rings. The van der Waals surface area contributed by atoms with E-state index in [9.17, 15) is 8.78 Å². The Balaban J connectivity index is 2.19. The average molecular weight is 257 g/mol. The van der Waals surface area contributed by atoms with E-state index >= 15 is 0 Å². The zero-order valence-electron chi connectivity index (χ0n) is 9.86. The summed E-state index contributed by atoms with van der Waals surface area (Å²) in [4.78, 5) is 0. The molecule has 0 aliphatic carbocycles. The summed E-state index contributed by atoms with van der Waals surface area (Å²) in [5, 5.41) is 1.40. The van der Waals surface area contributed by atoms with Gasteiger partial charge in [-0.2, -0.15) is 0 Å². The number of fused-ring (bicyclic) bond motifs is 3. The van der Waals surface area contributed by atoms with Crippen LogP contribution in [-0.2, 0) is 4.74 Å². The Morgan fingerprint density at radius 2 is 1.47 bits per heavy atom. The van der Waals surface area contributed by atoms with E-state index in [0.717, 1.165) is 16.8 Å². The fourth-order valence-electron chi connectivity index (χ4n) is 2.40. The molecule has 0 radical (unpaired) electrons. The summed E-state index contributed by atoms with van der Waals surface area (Å²) >= 11 is 0. The number of nitrogens with zero attached hydrogens (tertiary/aromatic N) is 1. The molecule has 1 aromatic heterocycles. The van der Waals surface area contributed by atoms with Crippen molar-refractivity contribution >= 4 is 28.0 Å². The lowest BCUT2D eigenvalue weighted by Gasteiger charge is -1.98. The number of ether oxygens (including phenoxy) is 1. The highest BCUT2D eigenvalue weighted by Crippen LogP contribution is 2.32. The molecule has 4 heteroatoms. The summed E-state index contributed by atoms with van der Waals surface area (Å²) in [6.07, 6.45) is 1.86. The minimum atomic E-state index is -0.328. The minimum Gasteiger partial charge on any atom is -0.485 e. The van der Waals surface area contributed by atoms with Gasteiger partial charge in [0, 0.05) is 10.8 Å². The Morgan fingerprint density at radius 1 is 0.947 bits per heavy atom. The fraction of sp³-hybridized carbons (Fsp3) is 0.0667. The number of aromatic nitrogens is 1. The molecular formula is C15H9F2NO. The maximum atomic E-state index is 13.4. The van der Waals surface area contributed by atoms with Gasteiger partial charge in [-0.15, -0.1) is 0 Å². The lowest BCUT2D eigenvalue weighted by molar-refractivity contribution is 0.511. The standard InChI is InChI=1S/C15H9F2NO/c16-9-1-3-14-12(5-9)13-6-10(17)2-4-15(13)18(14)7-11-8-19-11/h1-7H,8H2. The van der Waals surface area contributed by atoms with E-state index in [0.29, 0.717) is 17.4 Å². The summed E-state index contributed by atoms with van der Waals surface area (Å²) in [7, 11) is 0. The minimum absolute atomic E-state index is 0.328.